The van der Waals surface area contributed by atoms with Gasteiger partial charge in [-0.1, -0.05) is 173 Å². The zero-order valence-corrected chi connectivity index (χ0v) is 73.7. The molecule has 0 unspecified atom stereocenters. The van der Waals surface area contributed by atoms with E-state index in [1.165, 1.54) is 31.1 Å². The molecule has 0 atom stereocenters. The van der Waals surface area contributed by atoms with E-state index in [0.717, 1.165) is 192 Å². The van der Waals surface area contributed by atoms with Crippen LogP contribution >= 0.6 is 0 Å². The maximum absolute atomic E-state index is 12.7. The van der Waals surface area contributed by atoms with Gasteiger partial charge in [-0.05, 0) is 276 Å². The van der Waals surface area contributed by atoms with Gasteiger partial charge < -0.3 is 56.8 Å². The summed E-state index contributed by atoms with van der Waals surface area (Å²) in [6, 6.07) is 56.6. The molecule has 0 aromatic heterocycles. The standard InChI is InChI=1S/C36H42O7.C35H40O7.C34H38O7/c1-4-28-14-19-31(20-15-28)42-35(38)29-16-21-32(22-17-29)43-36(39)30-18-23-33(27(3)26-30)40-24-12-10-8-6-7-9-11-13-25-41-34(37)5-2;1-4-27-13-18-30(19-14-27)41-34(37)28-15-20-31(21-16-28)42-35(38)29-17-22-32(26(3)25-29)39-23-11-9-7-6-8-10-12-24-40-33(36)5-2;1-4-26-12-17-29(18-13-26)40-33(36)27-14-19-30(20-15-27)41-34(37)28-16-21-31(25(3)24-28)38-22-10-8-6-7-9-11-23-39-32(35)5-2/h5,14-23,26H,2,4,6-13,24-25H2,1,3H3;5,13-22,25H,2,4,6-12,23-24H2,1,3H3;5,12-21,24H,2,4,6-11,22-23H2,1,3H3. The molecule has 0 aliphatic heterocycles. The second kappa shape index (κ2) is 57.3. The number of carbonyl (C=O) groups is 9. The predicted octanol–water partition coefficient (Wildman–Crippen LogP) is 23.5. The molecular formula is C105H120O21. The number of unbranched alkanes of at least 4 members (excludes halogenated alkanes) is 18. The Morgan fingerprint density at radius 2 is 0.405 bits per heavy atom. The third-order valence-corrected chi connectivity index (χ3v) is 20.1. The average Bonchev–Trinajstić information content (AvgIpc) is 0.847. The van der Waals surface area contributed by atoms with Crippen LogP contribution in [0.5, 0.6) is 51.7 Å². The van der Waals surface area contributed by atoms with Crippen LogP contribution in [0.1, 0.15) is 251 Å². The van der Waals surface area contributed by atoms with Crippen molar-refractivity contribution in [2.75, 3.05) is 39.6 Å². The van der Waals surface area contributed by atoms with Gasteiger partial charge in [-0.2, -0.15) is 0 Å². The molecule has 9 rings (SSSR count). The van der Waals surface area contributed by atoms with E-state index in [-0.39, 0.29) is 17.9 Å². The van der Waals surface area contributed by atoms with Gasteiger partial charge in [-0.3, -0.25) is 0 Å². The normalized spacial score (nSPS) is 10.5. The molecule has 0 amide bonds. The molecule has 0 aliphatic carbocycles. The van der Waals surface area contributed by atoms with Crippen molar-refractivity contribution in [3.8, 4) is 51.7 Å². The third-order valence-electron chi connectivity index (χ3n) is 20.1. The minimum atomic E-state index is -0.495. The van der Waals surface area contributed by atoms with E-state index in [1.54, 1.807) is 164 Å². The number of benzene rings is 9. The number of hydrogen-bond acceptors (Lipinski definition) is 21. The fourth-order valence-electron chi connectivity index (χ4n) is 12.7. The van der Waals surface area contributed by atoms with Crippen molar-refractivity contribution in [1.29, 1.82) is 0 Å². The van der Waals surface area contributed by atoms with Gasteiger partial charge in [0.25, 0.3) is 0 Å². The Hall–Kier alpha value is -13.2. The largest absolute Gasteiger partial charge is 0.493 e. The van der Waals surface area contributed by atoms with Gasteiger partial charge in [-0.25, -0.2) is 43.2 Å². The van der Waals surface area contributed by atoms with Crippen LogP contribution in [0.15, 0.2) is 238 Å². The molecule has 0 spiro atoms. The summed E-state index contributed by atoms with van der Waals surface area (Å²) in [4.78, 5) is 108. The molecular weight excluding hydrogens is 1600 g/mol. The Morgan fingerprint density at radius 3 is 0.595 bits per heavy atom. The fourth-order valence-corrected chi connectivity index (χ4v) is 12.7. The summed E-state index contributed by atoms with van der Waals surface area (Å²) in [6.07, 6.45) is 28.4. The molecule has 21 heteroatoms. The number of ether oxygens (including phenoxy) is 12. The molecule has 0 bridgehead atoms. The third kappa shape index (κ3) is 37.9. The van der Waals surface area contributed by atoms with Crippen LogP contribution < -0.4 is 42.6 Å². The minimum absolute atomic E-state index is 0.328. The smallest absolute Gasteiger partial charge is 0.343 e. The van der Waals surface area contributed by atoms with Gasteiger partial charge >= 0.3 is 53.7 Å². The van der Waals surface area contributed by atoms with Crippen molar-refractivity contribution in [2.45, 2.75) is 196 Å². The van der Waals surface area contributed by atoms with E-state index in [9.17, 15) is 43.2 Å². The molecule has 9 aromatic rings. The van der Waals surface area contributed by atoms with E-state index >= 15 is 0 Å². The number of esters is 9. The Morgan fingerprint density at radius 1 is 0.230 bits per heavy atom. The lowest BCUT2D eigenvalue weighted by molar-refractivity contribution is -0.138. The summed E-state index contributed by atoms with van der Waals surface area (Å²) in [5, 5.41) is 0. The molecule has 126 heavy (non-hydrogen) atoms. The van der Waals surface area contributed by atoms with E-state index in [2.05, 4.69) is 40.5 Å². The first-order valence-electron chi connectivity index (χ1n) is 43.7. The first-order valence-corrected chi connectivity index (χ1v) is 43.7. The maximum atomic E-state index is 12.7. The van der Waals surface area contributed by atoms with Gasteiger partial charge in [0.15, 0.2) is 0 Å². The van der Waals surface area contributed by atoms with Crippen LogP contribution in [0.25, 0.3) is 0 Å². The highest BCUT2D eigenvalue weighted by molar-refractivity contribution is 5.95. The van der Waals surface area contributed by atoms with Crippen molar-refractivity contribution < 1.29 is 100.0 Å². The molecule has 0 fully saturated rings. The summed E-state index contributed by atoms with van der Waals surface area (Å²) in [5.41, 5.74) is 8.36. The summed E-state index contributed by atoms with van der Waals surface area (Å²) < 4.78 is 65.4. The van der Waals surface area contributed by atoms with E-state index in [4.69, 9.17) is 56.8 Å². The highest BCUT2D eigenvalue weighted by Crippen LogP contribution is 2.28. The van der Waals surface area contributed by atoms with E-state index in [0.29, 0.717) is 108 Å². The van der Waals surface area contributed by atoms with Crippen molar-refractivity contribution in [2.24, 2.45) is 0 Å². The Kier molecular flexibility index (Phi) is 45.4. The molecule has 0 saturated heterocycles. The van der Waals surface area contributed by atoms with Gasteiger partial charge in [0.1, 0.15) is 51.7 Å². The quantitative estimate of drug-likeness (QED) is 0.0113. The number of rotatable bonds is 51. The topological polar surface area (TPSA) is 264 Å². The molecule has 21 nitrogen and oxygen atoms in total. The minimum Gasteiger partial charge on any atom is -0.493 e. The summed E-state index contributed by atoms with van der Waals surface area (Å²) in [5.74, 6) is 0.637. The lowest BCUT2D eigenvalue weighted by atomic mass is 10.1. The highest BCUT2D eigenvalue weighted by Gasteiger charge is 2.19. The molecule has 0 aliphatic rings. The van der Waals surface area contributed by atoms with Crippen LogP contribution in [0, 0.1) is 20.8 Å². The molecule has 0 radical (unpaired) electrons. The van der Waals surface area contributed by atoms with Crippen molar-refractivity contribution in [3.63, 3.8) is 0 Å². The molecule has 0 N–H and O–H groups in total. The Labute approximate surface area is 741 Å². The zero-order valence-electron chi connectivity index (χ0n) is 73.7. The lowest BCUT2D eigenvalue weighted by Crippen LogP contribution is -2.10. The summed E-state index contributed by atoms with van der Waals surface area (Å²) >= 11 is 0. The van der Waals surface area contributed by atoms with Gasteiger partial charge in [0.05, 0.1) is 73.0 Å². The first kappa shape index (κ1) is 99.9. The number of hydrogen-bond donors (Lipinski definition) is 0. The van der Waals surface area contributed by atoms with Gasteiger partial charge in [0.2, 0.25) is 0 Å². The fraction of sp³-hybridized carbons (Fsp3) is 0.343. The molecule has 0 heterocycles. The zero-order chi connectivity index (χ0) is 90.5. The van der Waals surface area contributed by atoms with Crippen molar-refractivity contribution in [1.82, 2.24) is 0 Å². The van der Waals surface area contributed by atoms with Gasteiger partial charge in [-0.15, -0.1) is 0 Å². The SMILES string of the molecule is C=CC(=O)OCCCCCCCCCCOc1ccc(C(=O)Oc2ccc(C(=O)Oc3ccc(CC)cc3)cc2)cc1C.C=CC(=O)OCCCCCCCCCOc1ccc(C(=O)Oc2ccc(C(=O)Oc3ccc(CC)cc3)cc2)cc1C.C=CC(=O)OCCCCCCCCOc1ccc(C(=O)Oc2ccc(C(=O)Oc3ccc(CC)cc3)cc2)cc1C. The van der Waals surface area contributed by atoms with Crippen molar-refractivity contribution >= 4 is 53.7 Å². The molecule has 666 valence electrons. The van der Waals surface area contributed by atoms with E-state index in [1.807, 2.05) is 57.2 Å². The Balaban J connectivity index is 0.000000259. The van der Waals surface area contributed by atoms with Gasteiger partial charge in [0, 0.05) is 18.2 Å². The Bertz CT molecular complexity index is 4910. The predicted molar refractivity (Wildman–Crippen MR) is 487 cm³/mol. The number of aryl methyl sites for hydroxylation is 6. The monoisotopic (exact) mass is 1720 g/mol. The summed E-state index contributed by atoms with van der Waals surface area (Å²) in [7, 11) is 0. The maximum Gasteiger partial charge on any atom is 0.343 e. The van der Waals surface area contributed by atoms with Crippen LogP contribution in [0.3, 0.4) is 0 Å². The van der Waals surface area contributed by atoms with Crippen LogP contribution in [-0.2, 0) is 47.9 Å². The molecule has 0 saturated carbocycles. The van der Waals surface area contributed by atoms with Crippen molar-refractivity contribution in [3.05, 3.63) is 305 Å². The number of carbonyl (C=O) groups excluding carboxylic acids is 9. The first-order chi connectivity index (χ1) is 61.2. The summed E-state index contributed by atoms with van der Waals surface area (Å²) in [6.45, 7) is 25.2. The molecule has 9 aromatic carbocycles. The highest BCUT2D eigenvalue weighted by atomic mass is 16.6. The van der Waals surface area contributed by atoms with Crippen LogP contribution in [-0.4, -0.2) is 93.4 Å². The average molecular weight is 1720 g/mol. The van der Waals surface area contributed by atoms with Crippen LogP contribution in [0.2, 0.25) is 0 Å². The van der Waals surface area contributed by atoms with E-state index < -0.39 is 35.8 Å². The second-order valence-electron chi connectivity index (χ2n) is 29.9. The lowest BCUT2D eigenvalue weighted by Gasteiger charge is -2.11. The second-order valence-corrected chi connectivity index (χ2v) is 29.9. The van der Waals surface area contributed by atoms with Crippen LogP contribution in [0.4, 0.5) is 0 Å².